The van der Waals surface area contributed by atoms with Crippen molar-refractivity contribution in [2.24, 2.45) is 4.99 Å². The summed E-state index contributed by atoms with van der Waals surface area (Å²) in [5, 5.41) is 3.49. The smallest absolute Gasteiger partial charge is 0.193 e. The number of hydrogen-bond donors (Lipinski definition) is 1. The maximum Gasteiger partial charge on any atom is 0.193 e. The highest BCUT2D eigenvalue weighted by Gasteiger charge is 2.21. The van der Waals surface area contributed by atoms with Crippen molar-refractivity contribution >= 4 is 35.6 Å². The second-order valence-corrected chi connectivity index (χ2v) is 7.73. The van der Waals surface area contributed by atoms with E-state index in [1.165, 1.54) is 23.2 Å². The molecule has 6 nitrogen and oxygen atoms in total. The molecule has 0 bridgehead atoms. The molecule has 2 fully saturated rings. The van der Waals surface area contributed by atoms with E-state index in [0.29, 0.717) is 6.10 Å². The summed E-state index contributed by atoms with van der Waals surface area (Å²) in [5.74, 6) is 1.000. The minimum Gasteiger partial charge on any atom is -0.379 e. The van der Waals surface area contributed by atoms with Crippen LogP contribution in [0.25, 0.3) is 0 Å². The standard InChI is InChI=1S/C22H36N4O2.HI/c1-18-7-4-9-21(19(18)2)25-11-13-26(14-12-25)22(23-3)24-10-6-15-27-17-20-8-5-16-28-20;/h4,7,9,20H,5-6,8,10-17H2,1-3H3,(H,23,24);1H. The van der Waals surface area contributed by atoms with Crippen molar-refractivity contribution in [3.63, 3.8) is 0 Å². The van der Waals surface area contributed by atoms with Crippen molar-refractivity contribution in [3.8, 4) is 0 Å². The molecule has 1 atom stereocenters. The summed E-state index contributed by atoms with van der Waals surface area (Å²) in [6.45, 7) is 11.7. The molecule has 2 heterocycles. The number of piperazine rings is 1. The highest BCUT2D eigenvalue weighted by Crippen LogP contribution is 2.23. The van der Waals surface area contributed by atoms with Gasteiger partial charge in [0.25, 0.3) is 0 Å². The molecule has 164 valence electrons. The van der Waals surface area contributed by atoms with E-state index >= 15 is 0 Å². The Bertz CT molecular complexity index is 642. The van der Waals surface area contributed by atoms with Crippen LogP contribution in [0.1, 0.15) is 30.4 Å². The van der Waals surface area contributed by atoms with Gasteiger partial charge in [-0.25, -0.2) is 0 Å². The maximum atomic E-state index is 5.74. The number of guanidine groups is 1. The zero-order valence-corrected chi connectivity index (χ0v) is 20.5. The summed E-state index contributed by atoms with van der Waals surface area (Å²) in [6, 6.07) is 6.58. The SMILES string of the molecule is CN=C(NCCCOCC1CCCO1)N1CCN(c2cccc(C)c2C)CC1.I. The molecule has 0 radical (unpaired) electrons. The van der Waals surface area contributed by atoms with Gasteiger partial charge in [0.1, 0.15) is 0 Å². The summed E-state index contributed by atoms with van der Waals surface area (Å²) in [4.78, 5) is 9.32. The van der Waals surface area contributed by atoms with Crippen LogP contribution >= 0.6 is 24.0 Å². The molecule has 1 unspecified atom stereocenters. The van der Waals surface area contributed by atoms with Crippen LogP contribution in [0, 0.1) is 13.8 Å². The second kappa shape index (κ2) is 12.6. The van der Waals surface area contributed by atoms with Gasteiger partial charge in [-0.2, -0.15) is 0 Å². The number of halogens is 1. The van der Waals surface area contributed by atoms with Crippen LogP contribution < -0.4 is 10.2 Å². The van der Waals surface area contributed by atoms with Crippen molar-refractivity contribution in [1.29, 1.82) is 0 Å². The Morgan fingerprint density at radius 2 is 2.03 bits per heavy atom. The van der Waals surface area contributed by atoms with E-state index < -0.39 is 0 Å². The van der Waals surface area contributed by atoms with Crippen molar-refractivity contribution in [2.75, 3.05) is 64.5 Å². The first-order chi connectivity index (χ1) is 13.7. The first-order valence-electron chi connectivity index (χ1n) is 10.6. The molecular formula is C22H37IN4O2. The topological polar surface area (TPSA) is 49.3 Å². The Balaban J connectivity index is 0.00000300. The van der Waals surface area contributed by atoms with Crippen molar-refractivity contribution in [3.05, 3.63) is 29.3 Å². The van der Waals surface area contributed by atoms with Crippen LogP contribution in [0.5, 0.6) is 0 Å². The molecule has 0 spiro atoms. The van der Waals surface area contributed by atoms with Gasteiger partial charge >= 0.3 is 0 Å². The first-order valence-corrected chi connectivity index (χ1v) is 10.6. The predicted octanol–water partition coefficient (Wildman–Crippen LogP) is 3.20. The van der Waals surface area contributed by atoms with Gasteiger partial charge in [0.15, 0.2) is 5.96 Å². The zero-order valence-electron chi connectivity index (χ0n) is 18.2. The van der Waals surface area contributed by atoms with E-state index in [0.717, 1.165) is 71.3 Å². The van der Waals surface area contributed by atoms with Crippen molar-refractivity contribution in [1.82, 2.24) is 10.2 Å². The van der Waals surface area contributed by atoms with E-state index in [1.54, 1.807) is 0 Å². The quantitative estimate of drug-likeness (QED) is 0.261. The van der Waals surface area contributed by atoms with Crippen molar-refractivity contribution < 1.29 is 9.47 Å². The monoisotopic (exact) mass is 516 g/mol. The summed E-state index contributed by atoms with van der Waals surface area (Å²) in [6.07, 6.45) is 3.60. The largest absolute Gasteiger partial charge is 0.379 e. The molecule has 1 aromatic rings. The number of anilines is 1. The molecule has 2 aliphatic rings. The lowest BCUT2D eigenvalue weighted by Gasteiger charge is -2.38. The lowest BCUT2D eigenvalue weighted by molar-refractivity contribution is 0.0168. The summed E-state index contributed by atoms with van der Waals surface area (Å²) >= 11 is 0. The molecule has 0 aliphatic carbocycles. The summed E-state index contributed by atoms with van der Waals surface area (Å²) in [7, 11) is 1.87. The fourth-order valence-electron chi connectivity index (χ4n) is 3.93. The summed E-state index contributed by atoms with van der Waals surface area (Å²) in [5.41, 5.74) is 4.12. The lowest BCUT2D eigenvalue weighted by Crippen LogP contribution is -2.52. The molecule has 7 heteroatoms. The van der Waals surface area contributed by atoms with E-state index in [9.17, 15) is 0 Å². The highest BCUT2D eigenvalue weighted by atomic mass is 127. The van der Waals surface area contributed by atoms with E-state index in [2.05, 4.69) is 52.2 Å². The first kappa shape index (κ1) is 24.2. The molecule has 2 aliphatic heterocycles. The third kappa shape index (κ3) is 7.00. The second-order valence-electron chi connectivity index (χ2n) is 7.73. The maximum absolute atomic E-state index is 5.74. The van der Waals surface area contributed by atoms with Gasteiger partial charge in [0, 0.05) is 58.7 Å². The number of benzene rings is 1. The molecule has 3 rings (SSSR count). The number of hydrogen-bond acceptors (Lipinski definition) is 4. The molecule has 29 heavy (non-hydrogen) atoms. The van der Waals surface area contributed by atoms with Crippen LogP contribution in [-0.2, 0) is 9.47 Å². The number of ether oxygens (including phenoxy) is 2. The minimum absolute atomic E-state index is 0. The van der Waals surface area contributed by atoms with Gasteiger partial charge in [-0.3, -0.25) is 4.99 Å². The minimum atomic E-state index is 0. The van der Waals surface area contributed by atoms with Crippen molar-refractivity contribution in [2.45, 2.75) is 39.2 Å². The highest BCUT2D eigenvalue weighted by molar-refractivity contribution is 14.0. The van der Waals surface area contributed by atoms with Gasteiger partial charge in [0.05, 0.1) is 12.7 Å². The van der Waals surface area contributed by atoms with Crippen LogP contribution in [-0.4, -0.2) is 76.6 Å². The number of rotatable bonds is 7. The lowest BCUT2D eigenvalue weighted by atomic mass is 10.1. The molecule has 1 aromatic carbocycles. The summed E-state index contributed by atoms with van der Waals surface area (Å²) < 4.78 is 11.3. The van der Waals surface area contributed by atoms with Crippen LogP contribution in [0.3, 0.4) is 0 Å². The van der Waals surface area contributed by atoms with Crippen LogP contribution in [0.4, 0.5) is 5.69 Å². The third-order valence-corrected chi connectivity index (χ3v) is 5.78. The molecule has 0 saturated carbocycles. The normalized spacial score (nSPS) is 20.0. The Hall–Kier alpha value is -1.06. The molecular weight excluding hydrogens is 479 g/mol. The fraction of sp³-hybridized carbons (Fsp3) is 0.682. The Morgan fingerprint density at radius 3 is 2.72 bits per heavy atom. The number of aryl methyl sites for hydroxylation is 1. The van der Waals surface area contributed by atoms with Crippen LogP contribution in [0.2, 0.25) is 0 Å². The fourth-order valence-corrected chi connectivity index (χ4v) is 3.93. The van der Waals surface area contributed by atoms with Gasteiger partial charge in [-0.05, 0) is 50.3 Å². The molecule has 1 N–H and O–H groups in total. The predicted molar refractivity (Wildman–Crippen MR) is 131 cm³/mol. The van der Waals surface area contributed by atoms with E-state index in [-0.39, 0.29) is 24.0 Å². The number of nitrogens with one attached hydrogen (secondary N) is 1. The number of nitrogens with zero attached hydrogens (tertiary/aromatic N) is 3. The Morgan fingerprint density at radius 1 is 1.24 bits per heavy atom. The zero-order chi connectivity index (χ0) is 19.8. The Kier molecular flexibility index (Phi) is 10.5. The molecule has 0 amide bonds. The number of aliphatic imine (C=N–C) groups is 1. The van der Waals surface area contributed by atoms with Gasteiger partial charge in [0.2, 0.25) is 0 Å². The Labute approximate surface area is 193 Å². The van der Waals surface area contributed by atoms with Gasteiger partial charge in [-0.15, -0.1) is 24.0 Å². The third-order valence-electron chi connectivity index (χ3n) is 5.78. The van der Waals surface area contributed by atoms with Crippen LogP contribution in [0.15, 0.2) is 23.2 Å². The van der Waals surface area contributed by atoms with Gasteiger partial charge < -0.3 is 24.6 Å². The van der Waals surface area contributed by atoms with Gasteiger partial charge in [-0.1, -0.05) is 12.1 Å². The molecule has 0 aromatic heterocycles. The average molecular weight is 516 g/mol. The van der Waals surface area contributed by atoms with E-state index in [1.807, 2.05) is 7.05 Å². The van der Waals surface area contributed by atoms with E-state index in [4.69, 9.17) is 9.47 Å². The molecule has 2 saturated heterocycles. The average Bonchev–Trinajstić information content (AvgIpc) is 3.23.